The van der Waals surface area contributed by atoms with Gasteiger partial charge in [0.15, 0.2) is 0 Å². The normalized spacial score (nSPS) is 10.0. The van der Waals surface area contributed by atoms with Crippen LogP contribution in [0.15, 0.2) is 45.8 Å². The summed E-state index contributed by atoms with van der Waals surface area (Å²) in [6.45, 7) is 2.05. The van der Waals surface area contributed by atoms with Crippen LogP contribution in [0.4, 0.5) is 11.4 Å². The Morgan fingerprint density at radius 1 is 1.21 bits per heavy atom. The van der Waals surface area contributed by atoms with Gasteiger partial charge in [-0.1, -0.05) is 12.1 Å². The van der Waals surface area contributed by atoms with E-state index in [2.05, 4.69) is 27.3 Å². The van der Waals surface area contributed by atoms with E-state index in [4.69, 9.17) is 0 Å². The highest BCUT2D eigenvalue weighted by Crippen LogP contribution is 2.31. The fraction of sp³-hybridized carbons (Fsp3) is 0.133. The number of benzene rings is 2. The van der Waals surface area contributed by atoms with Gasteiger partial charge in [0, 0.05) is 9.37 Å². The zero-order chi connectivity index (χ0) is 13.8. The molecule has 19 heavy (non-hydrogen) atoms. The second-order valence-electron chi connectivity index (χ2n) is 4.10. The van der Waals surface area contributed by atoms with E-state index in [0.717, 1.165) is 20.7 Å². The molecule has 0 aliphatic heterocycles. The zero-order valence-corrected chi connectivity index (χ0v) is 13.1. The lowest BCUT2D eigenvalue weighted by atomic mass is 10.1. The molecule has 0 unspecified atom stereocenters. The second kappa shape index (κ2) is 6.14. The Balaban J connectivity index is 2.41. The van der Waals surface area contributed by atoms with Crippen LogP contribution in [0.1, 0.15) is 11.1 Å². The quantitative estimate of drug-likeness (QED) is 0.794. The summed E-state index contributed by atoms with van der Waals surface area (Å²) in [7, 11) is 0. The highest BCUT2D eigenvalue weighted by molar-refractivity contribution is 9.10. The molecule has 0 saturated heterocycles. The average Bonchev–Trinajstić information content (AvgIpc) is 2.41. The molecule has 0 aliphatic rings. The van der Waals surface area contributed by atoms with Gasteiger partial charge in [0.2, 0.25) is 0 Å². The van der Waals surface area contributed by atoms with Crippen molar-refractivity contribution in [3.05, 3.63) is 52.0 Å². The smallest absolute Gasteiger partial charge is 0.103 e. The zero-order valence-electron chi connectivity index (χ0n) is 10.7. The van der Waals surface area contributed by atoms with Gasteiger partial charge in [-0.05, 0) is 58.9 Å². The van der Waals surface area contributed by atoms with Gasteiger partial charge in [-0.15, -0.1) is 11.8 Å². The van der Waals surface area contributed by atoms with Crippen LogP contribution < -0.4 is 5.32 Å². The summed E-state index contributed by atoms with van der Waals surface area (Å²) in [5.41, 5.74) is 3.66. The first-order chi connectivity index (χ1) is 9.15. The minimum atomic E-state index is 0.683. The summed E-state index contributed by atoms with van der Waals surface area (Å²) >= 11 is 5.11. The number of halogens is 1. The molecule has 0 bridgehead atoms. The van der Waals surface area contributed by atoms with Gasteiger partial charge >= 0.3 is 0 Å². The van der Waals surface area contributed by atoms with Crippen LogP contribution >= 0.6 is 27.7 Å². The molecule has 0 radical (unpaired) electrons. The van der Waals surface area contributed by atoms with E-state index in [1.165, 1.54) is 5.56 Å². The van der Waals surface area contributed by atoms with Gasteiger partial charge < -0.3 is 5.32 Å². The lowest BCUT2D eigenvalue weighted by molar-refractivity contribution is 1.35. The Labute approximate surface area is 126 Å². The Hall–Kier alpha value is -1.44. The largest absolute Gasteiger partial charge is 0.353 e. The van der Waals surface area contributed by atoms with Crippen molar-refractivity contribution >= 4 is 39.1 Å². The fourth-order valence-corrected chi connectivity index (χ4v) is 2.95. The van der Waals surface area contributed by atoms with Crippen molar-refractivity contribution in [3.8, 4) is 6.07 Å². The van der Waals surface area contributed by atoms with Crippen LogP contribution in [-0.2, 0) is 0 Å². The highest BCUT2D eigenvalue weighted by atomic mass is 79.9. The molecule has 0 spiro atoms. The first-order valence-electron chi connectivity index (χ1n) is 5.76. The number of anilines is 2. The summed E-state index contributed by atoms with van der Waals surface area (Å²) in [4.78, 5) is 0.982. The molecule has 96 valence electrons. The summed E-state index contributed by atoms with van der Waals surface area (Å²) in [5, 5.41) is 12.6. The minimum absolute atomic E-state index is 0.683. The van der Waals surface area contributed by atoms with Crippen molar-refractivity contribution in [2.24, 2.45) is 0 Å². The van der Waals surface area contributed by atoms with Crippen molar-refractivity contribution in [1.82, 2.24) is 0 Å². The Bertz CT molecular complexity index is 647. The molecule has 2 aromatic carbocycles. The van der Waals surface area contributed by atoms with Crippen LogP contribution in [0.2, 0.25) is 0 Å². The molecule has 4 heteroatoms. The van der Waals surface area contributed by atoms with Crippen LogP contribution in [0, 0.1) is 18.3 Å². The molecule has 0 fully saturated rings. The number of thioether (sulfide) groups is 1. The van der Waals surface area contributed by atoms with Gasteiger partial charge in [-0.3, -0.25) is 0 Å². The van der Waals surface area contributed by atoms with Crippen LogP contribution in [0.3, 0.4) is 0 Å². The number of nitrogens with one attached hydrogen (secondary N) is 1. The van der Waals surface area contributed by atoms with E-state index in [9.17, 15) is 5.26 Å². The number of nitriles is 1. The topological polar surface area (TPSA) is 35.8 Å². The van der Waals surface area contributed by atoms with Crippen molar-refractivity contribution < 1.29 is 0 Å². The van der Waals surface area contributed by atoms with E-state index in [1.54, 1.807) is 11.8 Å². The molecule has 2 nitrogen and oxygen atoms in total. The highest BCUT2D eigenvalue weighted by Gasteiger charge is 2.08. The first kappa shape index (κ1) is 14.0. The molecule has 0 heterocycles. The SMILES string of the molecule is CSc1cccc(Nc2ccc(C)cc2Br)c1C#N. The fourth-order valence-electron chi connectivity index (χ4n) is 1.79. The number of rotatable bonds is 3. The van der Waals surface area contributed by atoms with E-state index in [0.29, 0.717) is 5.56 Å². The van der Waals surface area contributed by atoms with Gasteiger partial charge in [0.05, 0.1) is 16.9 Å². The standard InChI is InChI=1S/C15H13BrN2S/c1-10-6-7-14(12(16)8-10)18-13-4-3-5-15(19-2)11(13)9-17/h3-8,18H,1-2H3. The molecule has 2 rings (SSSR count). The predicted molar refractivity (Wildman–Crippen MR) is 85.1 cm³/mol. The monoisotopic (exact) mass is 332 g/mol. The molecule has 0 aliphatic carbocycles. The van der Waals surface area contributed by atoms with Gasteiger partial charge in [0.25, 0.3) is 0 Å². The van der Waals surface area contributed by atoms with Gasteiger partial charge in [-0.2, -0.15) is 5.26 Å². The van der Waals surface area contributed by atoms with E-state index < -0.39 is 0 Å². The average molecular weight is 333 g/mol. The van der Waals surface area contributed by atoms with Gasteiger partial charge in [0.1, 0.15) is 6.07 Å². The van der Waals surface area contributed by atoms with Gasteiger partial charge in [-0.25, -0.2) is 0 Å². The summed E-state index contributed by atoms with van der Waals surface area (Å²) < 4.78 is 0.992. The predicted octanol–water partition coefficient (Wildman–Crippen LogP) is 5.09. The Morgan fingerprint density at radius 2 is 2.00 bits per heavy atom. The van der Waals surface area contributed by atoms with E-state index in [1.807, 2.05) is 49.6 Å². The molecule has 2 aromatic rings. The molecule has 0 aromatic heterocycles. The summed E-state index contributed by atoms with van der Waals surface area (Å²) in [6, 6.07) is 14.2. The molecule has 0 amide bonds. The van der Waals surface area contributed by atoms with Crippen molar-refractivity contribution in [2.45, 2.75) is 11.8 Å². The molecule has 1 N–H and O–H groups in total. The van der Waals surface area contributed by atoms with Crippen molar-refractivity contribution in [1.29, 1.82) is 5.26 Å². The number of nitrogens with zero attached hydrogens (tertiary/aromatic N) is 1. The van der Waals surface area contributed by atoms with E-state index >= 15 is 0 Å². The lowest BCUT2D eigenvalue weighted by Gasteiger charge is -2.12. The second-order valence-corrected chi connectivity index (χ2v) is 5.81. The third kappa shape index (κ3) is 3.12. The molecular weight excluding hydrogens is 320 g/mol. The Morgan fingerprint density at radius 3 is 2.63 bits per heavy atom. The minimum Gasteiger partial charge on any atom is -0.353 e. The number of hydrogen-bond donors (Lipinski definition) is 1. The third-order valence-corrected chi connectivity index (χ3v) is 4.19. The molecule has 0 atom stereocenters. The van der Waals surface area contributed by atoms with Crippen molar-refractivity contribution in [3.63, 3.8) is 0 Å². The summed E-state index contributed by atoms with van der Waals surface area (Å²) in [6.07, 6.45) is 1.97. The third-order valence-electron chi connectivity index (χ3n) is 2.75. The van der Waals surface area contributed by atoms with Crippen LogP contribution in [-0.4, -0.2) is 6.26 Å². The lowest BCUT2D eigenvalue weighted by Crippen LogP contribution is -1.96. The van der Waals surface area contributed by atoms with Crippen LogP contribution in [0.25, 0.3) is 0 Å². The maximum absolute atomic E-state index is 9.31. The maximum Gasteiger partial charge on any atom is 0.103 e. The van der Waals surface area contributed by atoms with E-state index in [-0.39, 0.29) is 0 Å². The number of hydrogen-bond acceptors (Lipinski definition) is 3. The molecule has 0 saturated carbocycles. The van der Waals surface area contributed by atoms with Crippen molar-refractivity contribution in [2.75, 3.05) is 11.6 Å². The van der Waals surface area contributed by atoms with Crippen LogP contribution in [0.5, 0.6) is 0 Å². The summed E-state index contributed by atoms with van der Waals surface area (Å²) in [5.74, 6) is 0. The first-order valence-corrected chi connectivity index (χ1v) is 7.77. The number of aryl methyl sites for hydroxylation is 1. The molecular formula is C15H13BrN2S. The maximum atomic E-state index is 9.31. The Kier molecular flexibility index (Phi) is 4.52.